The summed E-state index contributed by atoms with van der Waals surface area (Å²) in [6, 6.07) is 8.02. The summed E-state index contributed by atoms with van der Waals surface area (Å²) in [5.41, 5.74) is 2.24. The first-order valence-electron chi connectivity index (χ1n) is 10.3. The lowest BCUT2D eigenvalue weighted by molar-refractivity contribution is -0.137. The summed E-state index contributed by atoms with van der Waals surface area (Å²) in [6.45, 7) is 2.04. The number of aliphatic carboxylic acids is 1. The minimum Gasteiger partial charge on any atom is -0.481 e. The van der Waals surface area contributed by atoms with E-state index < -0.39 is 5.97 Å². The van der Waals surface area contributed by atoms with Gasteiger partial charge in [0.05, 0.1) is 12.2 Å². The van der Waals surface area contributed by atoms with Gasteiger partial charge in [0.15, 0.2) is 5.78 Å². The molecule has 0 saturated carbocycles. The Hall–Kier alpha value is -2.20. The molecule has 2 fully saturated rings. The monoisotopic (exact) mass is 382 g/mol. The summed E-state index contributed by atoms with van der Waals surface area (Å²) in [7, 11) is 0. The first-order valence-corrected chi connectivity index (χ1v) is 10.3. The lowest BCUT2D eigenvalue weighted by Gasteiger charge is -2.24. The second kappa shape index (κ2) is 9.83. The number of allylic oxidation sites excluding steroid dienone is 3. The van der Waals surface area contributed by atoms with Crippen molar-refractivity contribution in [2.75, 3.05) is 0 Å². The van der Waals surface area contributed by atoms with Gasteiger partial charge in [0.25, 0.3) is 0 Å². The molecule has 1 aromatic carbocycles. The van der Waals surface area contributed by atoms with Gasteiger partial charge in [-0.1, -0.05) is 42.5 Å². The summed E-state index contributed by atoms with van der Waals surface area (Å²) >= 11 is 0. The number of carboxylic acids is 1. The van der Waals surface area contributed by atoms with Gasteiger partial charge >= 0.3 is 5.97 Å². The molecule has 0 aromatic heterocycles. The van der Waals surface area contributed by atoms with Crippen LogP contribution in [0, 0.1) is 18.8 Å². The molecule has 2 aliphatic rings. The molecule has 0 aliphatic carbocycles. The average Bonchev–Trinajstić information content (AvgIpc) is 3.26. The SMILES string of the molecule is Cc1ccccc1CC(=O)/C=C/[C@H]1[C@@H](C/C=C\CCCC(=O)O)[C@H]2CC[C@@H]1O2. The maximum absolute atomic E-state index is 12.4. The Labute approximate surface area is 167 Å². The fraction of sp³-hybridized carbons (Fsp3) is 0.500. The second-order valence-corrected chi connectivity index (χ2v) is 7.95. The number of carbonyl (C=O) groups is 2. The zero-order chi connectivity index (χ0) is 19.9. The van der Waals surface area contributed by atoms with E-state index in [1.165, 1.54) is 0 Å². The van der Waals surface area contributed by atoms with Gasteiger partial charge in [-0.2, -0.15) is 0 Å². The van der Waals surface area contributed by atoms with Crippen LogP contribution in [-0.4, -0.2) is 29.1 Å². The third-order valence-corrected chi connectivity index (χ3v) is 5.95. The first-order chi connectivity index (χ1) is 13.5. The van der Waals surface area contributed by atoms with Crippen molar-refractivity contribution < 1.29 is 19.4 Å². The molecule has 3 rings (SSSR count). The van der Waals surface area contributed by atoms with Crippen molar-refractivity contribution in [3.63, 3.8) is 0 Å². The van der Waals surface area contributed by atoms with Crippen molar-refractivity contribution in [2.24, 2.45) is 11.8 Å². The number of carbonyl (C=O) groups excluding carboxylic acids is 1. The number of benzene rings is 1. The quantitative estimate of drug-likeness (QED) is 0.363. The predicted octanol–water partition coefficient (Wildman–Crippen LogP) is 4.66. The van der Waals surface area contributed by atoms with Crippen molar-refractivity contribution in [3.8, 4) is 0 Å². The van der Waals surface area contributed by atoms with Crippen LogP contribution < -0.4 is 0 Å². The number of carboxylic acid groups (broad SMARTS) is 1. The highest BCUT2D eigenvalue weighted by Gasteiger charge is 2.46. The maximum atomic E-state index is 12.4. The number of fused-ring (bicyclic) bond motifs is 2. The lowest BCUT2D eigenvalue weighted by Crippen LogP contribution is -2.25. The molecule has 1 N–H and O–H groups in total. The lowest BCUT2D eigenvalue weighted by atomic mass is 9.77. The third-order valence-electron chi connectivity index (χ3n) is 5.95. The van der Waals surface area contributed by atoms with Gasteiger partial charge in [-0.25, -0.2) is 0 Å². The Kier molecular flexibility index (Phi) is 7.21. The van der Waals surface area contributed by atoms with Gasteiger partial charge in [-0.3, -0.25) is 9.59 Å². The summed E-state index contributed by atoms with van der Waals surface area (Å²) in [5.74, 6) is 0.107. The van der Waals surface area contributed by atoms with Crippen molar-refractivity contribution in [2.45, 2.75) is 64.1 Å². The highest BCUT2D eigenvalue weighted by atomic mass is 16.5. The summed E-state index contributed by atoms with van der Waals surface area (Å²) < 4.78 is 6.10. The van der Waals surface area contributed by atoms with Gasteiger partial charge in [0.1, 0.15) is 0 Å². The highest BCUT2D eigenvalue weighted by Crippen LogP contribution is 2.45. The van der Waals surface area contributed by atoms with Crippen LogP contribution in [0.5, 0.6) is 0 Å². The normalized spacial score (nSPS) is 26.5. The van der Waals surface area contributed by atoms with Crippen LogP contribution in [0.3, 0.4) is 0 Å². The molecule has 28 heavy (non-hydrogen) atoms. The van der Waals surface area contributed by atoms with Crippen LogP contribution in [0.1, 0.15) is 49.7 Å². The Morgan fingerprint density at radius 1 is 1.18 bits per heavy atom. The number of hydrogen-bond acceptors (Lipinski definition) is 3. The maximum Gasteiger partial charge on any atom is 0.303 e. The van der Waals surface area contributed by atoms with Gasteiger partial charge in [-0.15, -0.1) is 0 Å². The van der Waals surface area contributed by atoms with Gasteiger partial charge in [-0.05, 0) is 62.1 Å². The van der Waals surface area contributed by atoms with Crippen molar-refractivity contribution in [3.05, 3.63) is 59.7 Å². The topological polar surface area (TPSA) is 63.6 Å². The van der Waals surface area contributed by atoms with E-state index in [0.29, 0.717) is 24.7 Å². The van der Waals surface area contributed by atoms with E-state index in [4.69, 9.17) is 9.84 Å². The average molecular weight is 383 g/mol. The summed E-state index contributed by atoms with van der Waals surface area (Å²) in [5, 5.41) is 8.69. The summed E-state index contributed by atoms with van der Waals surface area (Å²) in [6.07, 6.45) is 13.8. The number of aryl methyl sites for hydroxylation is 1. The predicted molar refractivity (Wildman–Crippen MR) is 109 cm³/mol. The summed E-state index contributed by atoms with van der Waals surface area (Å²) in [4.78, 5) is 23.0. The van der Waals surface area contributed by atoms with E-state index in [9.17, 15) is 9.59 Å². The molecule has 150 valence electrons. The zero-order valence-electron chi connectivity index (χ0n) is 16.5. The van der Waals surface area contributed by atoms with E-state index in [1.54, 1.807) is 6.08 Å². The number of unbranched alkanes of at least 4 members (excludes halogenated alkanes) is 1. The molecule has 2 heterocycles. The second-order valence-electron chi connectivity index (χ2n) is 7.95. The molecule has 1 aromatic rings. The van der Waals surface area contributed by atoms with Crippen LogP contribution in [0.4, 0.5) is 0 Å². The highest BCUT2D eigenvalue weighted by molar-refractivity contribution is 5.91. The molecule has 0 unspecified atom stereocenters. The molecule has 2 aliphatic heterocycles. The van der Waals surface area contributed by atoms with E-state index in [2.05, 4.69) is 18.2 Å². The smallest absolute Gasteiger partial charge is 0.303 e. The molecular formula is C24H30O4. The molecule has 4 atom stereocenters. The molecule has 0 radical (unpaired) electrons. The Morgan fingerprint density at radius 3 is 2.75 bits per heavy atom. The van der Waals surface area contributed by atoms with Crippen molar-refractivity contribution >= 4 is 11.8 Å². The fourth-order valence-corrected chi connectivity index (χ4v) is 4.40. The van der Waals surface area contributed by atoms with Crippen LogP contribution in [-0.2, 0) is 20.7 Å². The van der Waals surface area contributed by atoms with E-state index in [1.807, 2.05) is 31.2 Å². The van der Waals surface area contributed by atoms with Gasteiger partial charge < -0.3 is 9.84 Å². The minimum atomic E-state index is -0.740. The van der Waals surface area contributed by atoms with Crippen LogP contribution in [0.25, 0.3) is 0 Å². The molecule has 4 nitrogen and oxygen atoms in total. The molecule has 4 heteroatoms. The van der Waals surface area contributed by atoms with E-state index >= 15 is 0 Å². The third kappa shape index (κ3) is 5.41. The molecule has 2 saturated heterocycles. The van der Waals surface area contributed by atoms with Gasteiger partial charge in [0.2, 0.25) is 0 Å². The standard InChI is InChI=1S/C24H30O4/c1-17-8-6-7-9-18(17)16-19(25)12-13-21-20(22-14-15-23(21)28-22)10-4-2-3-5-11-24(26)27/h2,4,6-9,12-13,20-23H,3,5,10-11,14-16H2,1H3,(H,26,27)/b4-2-,13-12+/t20-,21+,22-,23+/m1/s1. The number of ketones is 1. The Balaban J connectivity index is 1.53. The van der Waals surface area contributed by atoms with Crippen LogP contribution in [0.15, 0.2) is 48.6 Å². The van der Waals surface area contributed by atoms with E-state index in [-0.39, 0.29) is 24.4 Å². The Bertz CT molecular complexity index is 749. The molecular weight excluding hydrogens is 352 g/mol. The number of hydrogen-bond donors (Lipinski definition) is 1. The van der Waals surface area contributed by atoms with E-state index in [0.717, 1.165) is 36.8 Å². The van der Waals surface area contributed by atoms with Crippen molar-refractivity contribution in [1.82, 2.24) is 0 Å². The fourth-order valence-electron chi connectivity index (χ4n) is 4.40. The Morgan fingerprint density at radius 2 is 1.96 bits per heavy atom. The molecule has 0 amide bonds. The number of ether oxygens (including phenoxy) is 1. The first kappa shape index (κ1) is 20.5. The van der Waals surface area contributed by atoms with Gasteiger partial charge in [0, 0.05) is 18.8 Å². The zero-order valence-corrected chi connectivity index (χ0v) is 16.5. The van der Waals surface area contributed by atoms with Crippen LogP contribution >= 0.6 is 0 Å². The molecule has 0 spiro atoms. The van der Waals surface area contributed by atoms with Crippen molar-refractivity contribution in [1.29, 1.82) is 0 Å². The molecule has 2 bridgehead atoms. The minimum absolute atomic E-state index is 0.139. The largest absolute Gasteiger partial charge is 0.481 e. The van der Waals surface area contributed by atoms with Crippen LogP contribution in [0.2, 0.25) is 0 Å². The number of rotatable bonds is 10.